The molecule has 42 heavy (non-hydrogen) atoms. The number of alkyl halides is 2. The number of hydrogen-bond acceptors (Lipinski definition) is 8. The molecular weight excluding hydrogens is 548 g/mol. The summed E-state index contributed by atoms with van der Waals surface area (Å²) in [6, 6.07) is 4.83. The Kier molecular flexibility index (Phi) is 6.87. The summed E-state index contributed by atoms with van der Waals surface area (Å²) in [6.07, 6.45) is 0.594. The Morgan fingerprint density at radius 1 is 1.24 bits per heavy atom. The Labute approximate surface area is 244 Å². The number of carbonyl (C=O) groups excluding carboxylic acids is 2. The number of ether oxygens (including phenoxy) is 4. The number of fused-ring (bicyclic) bond motifs is 7. The number of benzene rings is 1. The second-order valence-corrected chi connectivity index (χ2v) is 12.9. The third-order valence-electron chi connectivity index (χ3n) is 10.9. The number of hydrogen-bond donors (Lipinski definition) is 2. The van der Waals surface area contributed by atoms with E-state index >= 15 is 8.78 Å². The van der Waals surface area contributed by atoms with E-state index in [2.05, 4.69) is 0 Å². The Hall–Kier alpha value is -2.82. The number of ketones is 2. The molecule has 5 aliphatic rings. The van der Waals surface area contributed by atoms with Crippen molar-refractivity contribution in [2.75, 3.05) is 19.5 Å². The monoisotopic (exact) mass is 587 g/mol. The molecule has 3 saturated carbocycles. The van der Waals surface area contributed by atoms with Gasteiger partial charge in [0.15, 0.2) is 23.3 Å². The van der Waals surface area contributed by atoms with Crippen LogP contribution in [0.3, 0.4) is 0 Å². The van der Waals surface area contributed by atoms with Gasteiger partial charge in [-0.2, -0.15) is 0 Å². The highest BCUT2D eigenvalue weighted by molar-refractivity contribution is 6.01. The molecule has 1 saturated heterocycles. The number of allylic oxidation sites excluding steroid dienone is 4. The average Bonchev–Trinajstić information content (AvgIpc) is 3.43. The van der Waals surface area contributed by atoms with Gasteiger partial charge in [0.1, 0.15) is 24.3 Å². The van der Waals surface area contributed by atoms with E-state index in [9.17, 15) is 14.7 Å². The number of nitrogens with two attached hydrogens (primary N) is 1. The maximum atomic E-state index is 17.6. The highest BCUT2D eigenvalue weighted by Crippen LogP contribution is 2.72. The molecule has 3 N–H and O–H groups in total. The van der Waals surface area contributed by atoms with Crippen molar-refractivity contribution in [3.63, 3.8) is 0 Å². The highest BCUT2D eigenvalue weighted by atomic mass is 19.1. The van der Waals surface area contributed by atoms with Crippen molar-refractivity contribution in [3.8, 4) is 11.5 Å². The van der Waals surface area contributed by atoms with Gasteiger partial charge in [-0.05, 0) is 68.4 Å². The third kappa shape index (κ3) is 3.73. The minimum atomic E-state index is -2.26. The number of aliphatic hydroxyl groups excluding tert-OH is 1. The second-order valence-electron chi connectivity index (χ2n) is 12.9. The molecule has 10 atom stereocenters. The van der Waals surface area contributed by atoms with Crippen molar-refractivity contribution < 1.29 is 42.4 Å². The summed E-state index contributed by atoms with van der Waals surface area (Å²) in [6.45, 7) is 5.01. The van der Waals surface area contributed by atoms with Crippen molar-refractivity contribution in [1.29, 1.82) is 0 Å². The van der Waals surface area contributed by atoms with Crippen LogP contribution in [0.15, 0.2) is 42.0 Å². The van der Waals surface area contributed by atoms with Gasteiger partial charge < -0.3 is 29.8 Å². The van der Waals surface area contributed by atoms with Crippen LogP contribution in [0.25, 0.3) is 0 Å². The van der Waals surface area contributed by atoms with E-state index in [1.807, 2.05) is 13.8 Å². The lowest BCUT2D eigenvalue weighted by Gasteiger charge is -2.63. The summed E-state index contributed by atoms with van der Waals surface area (Å²) in [4.78, 5) is 26.4. The van der Waals surface area contributed by atoms with Crippen LogP contribution in [0, 0.1) is 22.7 Å². The molecule has 0 bridgehead atoms. The second kappa shape index (κ2) is 9.86. The lowest BCUT2D eigenvalue weighted by atomic mass is 9.44. The first kappa shape index (κ1) is 29.3. The summed E-state index contributed by atoms with van der Waals surface area (Å²) in [5.74, 6) is -1.49. The van der Waals surface area contributed by atoms with Crippen LogP contribution in [0.1, 0.15) is 52.9 Å². The summed E-state index contributed by atoms with van der Waals surface area (Å²) in [5.41, 5.74) is 0.0155. The zero-order valence-electron chi connectivity index (χ0n) is 24.4. The minimum absolute atomic E-state index is 0.0585. The third-order valence-corrected chi connectivity index (χ3v) is 10.9. The molecule has 1 aromatic carbocycles. The Morgan fingerprint density at radius 3 is 2.71 bits per heavy atom. The van der Waals surface area contributed by atoms with Crippen LogP contribution in [-0.4, -0.2) is 66.3 Å². The molecule has 4 fully saturated rings. The fourth-order valence-electron chi connectivity index (χ4n) is 8.92. The van der Waals surface area contributed by atoms with Gasteiger partial charge in [0.2, 0.25) is 5.78 Å². The van der Waals surface area contributed by atoms with Crippen LogP contribution < -0.4 is 15.2 Å². The van der Waals surface area contributed by atoms with Gasteiger partial charge in [-0.15, -0.1) is 0 Å². The number of aliphatic hydroxyl groups is 1. The van der Waals surface area contributed by atoms with E-state index in [1.165, 1.54) is 25.3 Å². The van der Waals surface area contributed by atoms with Crippen LogP contribution in [-0.2, 0) is 19.1 Å². The van der Waals surface area contributed by atoms with Crippen molar-refractivity contribution in [2.45, 2.75) is 88.8 Å². The maximum absolute atomic E-state index is 17.6. The van der Waals surface area contributed by atoms with E-state index in [-0.39, 0.29) is 37.2 Å². The van der Waals surface area contributed by atoms with Gasteiger partial charge >= 0.3 is 0 Å². The van der Waals surface area contributed by atoms with Gasteiger partial charge in [-0.25, -0.2) is 8.78 Å². The predicted octanol–water partition coefficient (Wildman–Crippen LogP) is 4.43. The summed E-state index contributed by atoms with van der Waals surface area (Å²) >= 11 is 0. The summed E-state index contributed by atoms with van der Waals surface area (Å²) in [5, 5.41) is 11.7. The molecule has 0 aromatic heterocycles. The number of halogens is 2. The number of methoxy groups -OCH3 is 1. The molecule has 8 nitrogen and oxygen atoms in total. The van der Waals surface area contributed by atoms with Gasteiger partial charge in [0.05, 0.1) is 25.0 Å². The first-order valence-corrected chi connectivity index (χ1v) is 14.7. The van der Waals surface area contributed by atoms with Gasteiger partial charge in [0.25, 0.3) is 0 Å². The quantitative estimate of drug-likeness (QED) is 0.450. The molecule has 0 amide bonds. The van der Waals surface area contributed by atoms with Crippen molar-refractivity contribution in [3.05, 3.63) is 42.0 Å². The normalized spacial score (nSPS) is 43.6. The maximum Gasteiger partial charge on any atom is 0.205 e. The van der Waals surface area contributed by atoms with Crippen LogP contribution in [0.4, 0.5) is 14.5 Å². The largest absolute Gasteiger partial charge is 0.494 e. The molecule has 0 spiro atoms. The van der Waals surface area contributed by atoms with E-state index in [1.54, 1.807) is 25.1 Å². The fourth-order valence-corrected chi connectivity index (χ4v) is 8.92. The Bertz CT molecular complexity index is 1370. The molecule has 0 radical (unpaired) electrons. The standard InChI is InChI=1S/C32H39F2NO7/c1-5-6-28-41-27-14-19-20-13-22(33)21-11-17(36)9-10-29(21,2)31(20,34)25(37)15-30(19,3)32(27,42-28)26(38)16-40-18-7-8-23(35)24(12-18)39-4/h7-12,19-20,22,25,27-28,37H,5-6,13-16,35H2,1-4H3/t19-,20-,22-,25-,27+,28?,29-,30-,31-,32+/m0/s1. The molecule has 1 aliphatic heterocycles. The molecule has 1 aromatic rings. The summed E-state index contributed by atoms with van der Waals surface area (Å²) < 4.78 is 57.4. The van der Waals surface area contributed by atoms with Crippen molar-refractivity contribution in [2.24, 2.45) is 22.7 Å². The average molecular weight is 588 g/mol. The Balaban J connectivity index is 1.37. The number of nitrogen functional groups attached to an aromatic ring is 1. The molecule has 6 rings (SSSR count). The first-order chi connectivity index (χ1) is 19.9. The zero-order valence-corrected chi connectivity index (χ0v) is 24.4. The minimum Gasteiger partial charge on any atom is -0.494 e. The number of carbonyl (C=O) groups is 2. The van der Waals surface area contributed by atoms with E-state index in [0.29, 0.717) is 23.6 Å². The molecule has 228 valence electrons. The van der Waals surface area contributed by atoms with Gasteiger partial charge in [-0.3, -0.25) is 9.59 Å². The topological polar surface area (TPSA) is 117 Å². The van der Waals surface area contributed by atoms with Crippen LogP contribution in [0.5, 0.6) is 11.5 Å². The van der Waals surface area contributed by atoms with Gasteiger partial charge in [-0.1, -0.05) is 26.3 Å². The molecule has 4 aliphatic carbocycles. The smallest absolute Gasteiger partial charge is 0.205 e. The predicted molar refractivity (Wildman–Crippen MR) is 149 cm³/mol. The molecule has 1 heterocycles. The van der Waals surface area contributed by atoms with Crippen molar-refractivity contribution >= 4 is 17.3 Å². The summed E-state index contributed by atoms with van der Waals surface area (Å²) in [7, 11) is 1.48. The van der Waals surface area contributed by atoms with E-state index in [0.717, 1.165) is 6.42 Å². The van der Waals surface area contributed by atoms with Crippen LogP contribution >= 0.6 is 0 Å². The molecule has 10 heteroatoms. The Morgan fingerprint density at radius 2 is 2.00 bits per heavy atom. The number of anilines is 1. The molecular formula is C32H39F2NO7. The fraction of sp³-hybridized carbons (Fsp3) is 0.625. The van der Waals surface area contributed by atoms with Crippen molar-refractivity contribution in [1.82, 2.24) is 0 Å². The first-order valence-electron chi connectivity index (χ1n) is 14.7. The van der Waals surface area contributed by atoms with Gasteiger partial charge in [0, 0.05) is 22.8 Å². The van der Waals surface area contributed by atoms with Crippen LogP contribution in [0.2, 0.25) is 0 Å². The number of Topliss-reactive ketones (excluding diaryl/α,β-unsaturated/α-hetero) is 1. The number of rotatable bonds is 7. The SMILES string of the molecule is CCCC1O[C@@H]2C[C@H]3[C@@H]4C[C@H](F)C5=CC(=O)C=C[C@]5(C)[C@@]4(F)[C@@H](O)C[C@]3(C)[C@]2(C(=O)COc2ccc(N)c(OC)c2)O1. The lowest BCUT2D eigenvalue weighted by Crippen LogP contribution is -2.71. The zero-order chi connectivity index (χ0) is 30.2. The lowest BCUT2D eigenvalue weighted by molar-refractivity contribution is -0.234. The van der Waals surface area contributed by atoms with E-state index < -0.39 is 64.4 Å². The molecule has 1 unspecified atom stereocenters. The van der Waals surface area contributed by atoms with E-state index in [4.69, 9.17) is 24.7 Å². The highest BCUT2D eigenvalue weighted by Gasteiger charge is 2.80.